The van der Waals surface area contributed by atoms with E-state index in [1.165, 1.54) is 0 Å². The Bertz CT molecular complexity index is 741. The van der Waals surface area contributed by atoms with E-state index in [9.17, 15) is 0 Å². The molecular formula is C20H19NO3S. The molecule has 2 heterocycles. The van der Waals surface area contributed by atoms with Crippen LogP contribution in [0.3, 0.4) is 0 Å². The van der Waals surface area contributed by atoms with Gasteiger partial charge < -0.3 is 13.9 Å². The van der Waals surface area contributed by atoms with Gasteiger partial charge in [0.25, 0.3) is 5.22 Å². The lowest BCUT2D eigenvalue weighted by molar-refractivity contribution is -0.130. The van der Waals surface area contributed by atoms with Crippen molar-refractivity contribution >= 4 is 11.8 Å². The Morgan fingerprint density at radius 1 is 0.960 bits per heavy atom. The minimum Gasteiger partial charge on any atom is -0.431 e. The molecule has 5 heteroatoms. The predicted molar refractivity (Wildman–Crippen MR) is 98.4 cm³/mol. The third-order valence-electron chi connectivity index (χ3n) is 4.05. The fraction of sp³-hybridized carbons (Fsp3) is 0.250. The molecule has 1 aromatic heterocycles. The Morgan fingerprint density at radius 3 is 2.36 bits per heavy atom. The topological polar surface area (TPSA) is 44.5 Å². The summed E-state index contributed by atoms with van der Waals surface area (Å²) >= 11 is 1.59. The molecule has 0 aliphatic carbocycles. The van der Waals surface area contributed by atoms with Crippen molar-refractivity contribution in [3.8, 4) is 22.6 Å². The van der Waals surface area contributed by atoms with Crippen molar-refractivity contribution in [1.82, 2.24) is 4.98 Å². The molecule has 25 heavy (non-hydrogen) atoms. The average Bonchev–Trinajstić information content (AvgIpc) is 3.13. The molecule has 4 rings (SSSR count). The van der Waals surface area contributed by atoms with Crippen molar-refractivity contribution in [3.05, 3.63) is 60.7 Å². The number of benzene rings is 2. The molecule has 0 radical (unpaired) electrons. The molecule has 1 atom stereocenters. The maximum atomic E-state index is 6.11. The van der Waals surface area contributed by atoms with Crippen LogP contribution in [0.2, 0.25) is 0 Å². The Kier molecular flexibility index (Phi) is 5.16. The van der Waals surface area contributed by atoms with E-state index in [-0.39, 0.29) is 6.10 Å². The van der Waals surface area contributed by atoms with Gasteiger partial charge in [-0.05, 0) is 6.42 Å². The Labute approximate surface area is 151 Å². The van der Waals surface area contributed by atoms with Gasteiger partial charge in [0.1, 0.15) is 12.5 Å². The van der Waals surface area contributed by atoms with E-state index in [1.54, 1.807) is 11.8 Å². The van der Waals surface area contributed by atoms with Crippen molar-refractivity contribution in [2.75, 3.05) is 19.2 Å². The first-order valence-electron chi connectivity index (χ1n) is 8.34. The molecule has 1 aliphatic heterocycles. The Hall–Kier alpha value is -2.08. The van der Waals surface area contributed by atoms with Crippen molar-refractivity contribution in [3.63, 3.8) is 0 Å². The fourth-order valence-electron chi connectivity index (χ4n) is 2.74. The number of aromatic nitrogens is 1. The van der Waals surface area contributed by atoms with E-state index < -0.39 is 0 Å². The first kappa shape index (κ1) is 16.4. The van der Waals surface area contributed by atoms with Gasteiger partial charge in [0.05, 0.1) is 12.7 Å². The number of hydrogen-bond donors (Lipinski definition) is 0. The number of thioether (sulfide) groups is 1. The number of oxazole rings is 1. The molecular weight excluding hydrogens is 334 g/mol. The van der Waals surface area contributed by atoms with Crippen molar-refractivity contribution in [2.45, 2.75) is 17.7 Å². The number of ether oxygens (including phenoxy) is 2. The molecule has 1 fully saturated rings. The van der Waals surface area contributed by atoms with Crippen LogP contribution in [0.1, 0.15) is 6.42 Å². The smallest absolute Gasteiger partial charge is 0.256 e. The van der Waals surface area contributed by atoms with Crippen molar-refractivity contribution in [2.24, 2.45) is 0 Å². The molecule has 1 saturated heterocycles. The highest BCUT2D eigenvalue weighted by Gasteiger charge is 2.20. The van der Waals surface area contributed by atoms with Gasteiger partial charge in [-0.3, -0.25) is 0 Å². The molecule has 0 unspecified atom stereocenters. The summed E-state index contributed by atoms with van der Waals surface area (Å²) < 4.78 is 16.9. The van der Waals surface area contributed by atoms with Gasteiger partial charge in [-0.25, -0.2) is 4.98 Å². The van der Waals surface area contributed by atoms with E-state index in [0.717, 1.165) is 41.4 Å². The average molecular weight is 353 g/mol. The Balaban J connectivity index is 1.61. The summed E-state index contributed by atoms with van der Waals surface area (Å²) in [6.07, 6.45) is 1.09. The van der Waals surface area contributed by atoms with Gasteiger partial charge in [0, 0.05) is 16.9 Å². The second-order valence-electron chi connectivity index (χ2n) is 5.80. The van der Waals surface area contributed by atoms with Crippen LogP contribution < -0.4 is 0 Å². The molecule has 0 bridgehead atoms. The van der Waals surface area contributed by atoms with Crippen LogP contribution in [0.15, 0.2) is 70.3 Å². The van der Waals surface area contributed by atoms with E-state index in [2.05, 4.69) is 12.1 Å². The van der Waals surface area contributed by atoms with Gasteiger partial charge >= 0.3 is 0 Å². The van der Waals surface area contributed by atoms with E-state index in [0.29, 0.717) is 12.0 Å². The Morgan fingerprint density at radius 2 is 1.68 bits per heavy atom. The molecule has 4 nitrogen and oxygen atoms in total. The molecule has 2 aromatic carbocycles. The summed E-state index contributed by atoms with van der Waals surface area (Å²) in [4.78, 5) is 4.75. The first-order chi connectivity index (χ1) is 12.4. The number of hydrogen-bond acceptors (Lipinski definition) is 5. The second-order valence-corrected chi connectivity index (χ2v) is 6.78. The highest BCUT2D eigenvalue weighted by atomic mass is 32.2. The van der Waals surface area contributed by atoms with E-state index >= 15 is 0 Å². The number of nitrogens with zero attached hydrogens (tertiary/aromatic N) is 1. The molecule has 0 amide bonds. The molecule has 0 spiro atoms. The highest BCUT2D eigenvalue weighted by Crippen LogP contribution is 2.35. The van der Waals surface area contributed by atoms with Crippen LogP contribution in [0.4, 0.5) is 0 Å². The van der Waals surface area contributed by atoms with Crippen LogP contribution in [0.25, 0.3) is 22.6 Å². The minimum absolute atomic E-state index is 0.186. The second kappa shape index (κ2) is 7.87. The summed E-state index contributed by atoms with van der Waals surface area (Å²) in [5.74, 6) is 1.62. The molecule has 0 saturated carbocycles. The van der Waals surface area contributed by atoms with Gasteiger partial charge in [-0.15, -0.1) is 0 Å². The largest absolute Gasteiger partial charge is 0.431 e. The summed E-state index contributed by atoms with van der Waals surface area (Å²) in [6.45, 7) is 1.13. The number of rotatable bonds is 5. The SMILES string of the molecule is c1ccc(-c2nc(SC[C@@H]3CCOCO3)oc2-c2ccccc2)cc1. The molecule has 0 N–H and O–H groups in total. The third-order valence-corrected chi connectivity index (χ3v) is 5.01. The lowest BCUT2D eigenvalue weighted by atomic mass is 10.1. The van der Waals surface area contributed by atoms with Crippen molar-refractivity contribution < 1.29 is 13.9 Å². The van der Waals surface area contributed by atoms with Gasteiger partial charge in [-0.2, -0.15) is 0 Å². The first-order valence-corrected chi connectivity index (χ1v) is 9.32. The zero-order chi connectivity index (χ0) is 16.9. The van der Waals surface area contributed by atoms with Gasteiger partial charge in [0.2, 0.25) is 0 Å². The summed E-state index contributed by atoms with van der Waals surface area (Å²) in [5, 5.41) is 0.674. The van der Waals surface area contributed by atoms with Gasteiger partial charge in [-0.1, -0.05) is 72.4 Å². The molecule has 128 valence electrons. The summed E-state index contributed by atoms with van der Waals surface area (Å²) in [7, 11) is 0. The zero-order valence-electron chi connectivity index (χ0n) is 13.8. The van der Waals surface area contributed by atoms with Crippen LogP contribution in [0, 0.1) is 0 Å². The standard InChI is InChI=1S/C20H19NO3S/c1-3-7-15(8-4-1)18-19(16-9-5-2-6-10-16)24-20(21-18)25-13-17-11-12-22-14-23-17/h1-10,17H,11-14H2/t17-/m0/s1. The van der Waals surface area contributed by atoms with Crippen LogP contribution in [0.5, 0.6) is 0 Å². The monoisotopic (exact) mass is 353 g/mol. The quantitative estimate of drug-likeness (QED) is 0.613. The minimum atomic E-state index is 0.186. The summed E-state index contributed by atoms with van der Waals surface area (Å²) in [6, 6.07) is 20.3. The van der Waals surface area contributed by atoms with Gasteiger partial charge in [0.15, 0.2) is 5.76 Å². The van der Waals surface area contributed by atoms with Crippen LogP contribution in [-0.2, 0) is 9.47 Å². The fourth-order valence-corrected chi connectivity index (χ4v) is 3.63. The van der Waals surface area contributed by atoms with E-state index in [4.69, 9.17) is 18.9 Å². The lowest BCUT2D eigenvalue weighted by Gasteiger charge is -2.21. The zero-order valence-corrected chi connectivity index (χ0v) is 14.6. The highest BCUT2D eigenvalue weighted by molar-refractivity contribution is 7.99. The maximum absolute atomic E-state index is 6.11. The van der Waals surface area contributed by atoms with E-state index in [1.807, 2.05) is 48.5 Å². The maximum Gasteiger partial charge on any atom is 0.256 e. The van der Waals surface area contributed by atoms with Crippen LogP contribution >= 0.6 is 11.8 Å². The molecule has 3 aromatic rings. The lowest BCUT2D eigenvalue weighted by Crippen LogP contribution is -2.25. The van der Waals surface area contributed by atoms with Crippen molar-refractivity contribution in [1.29, 1.82) is 0 Å². The normalized spacial score (nSPS) is 17.5. The third kappa shape index (κ3) is 3.95. The predicted octanol–water partition coefficient (Wildman–Crippen LogP) is 4.86. The summed E-state index contributed by atoms with van der Waals surface area (Å²) in [5.41, 5.74) is 2.96. The van der Waals surface area contributed by atoms with Crippen LogP contribution in [-0.4, -0.2) is 30.2 Å². The molecule has 1 aliphatic rings.